The van der Waals surface area contributed by atoms with E-state index in [1.807, 2.05) is 41.5 Å². The van der Waals surface area contributed by atoms with Crippen molar-refractivity contribution in [2.75, 3.05) is 12.4 Å². The summed E-state index contributed by atoms with van der Waals surface area (Å²) in [7, 11) is 1.73. The number of nitrogens with one attached hydrogen (secondary N) is 1. The molecular weight excluding hydrogens is 228 g/mol. The van der Waals surface area contributed by atoms with Gasteiger partial charge in [0.25, 0.3) is 0 Å². The number of esters is 1. The SMILES string of the molecule is CC.CNc1ncc(C)cc1C(=O)OC(C)(C)C.[HH]. The fourth-order valence-corrected chi connectivity index (χ4v) is 1.26. The summed E-state index contributed by atoms with van der Waals surface area (Å²) >= 11 is 0. The van der Waals surface area contributed by atoms with E-state index in [2.05, 4.69) is 10.3 Å². The number of anilines is 1. The Morgan fingerprint density at radius 2 is 1.94 bits per heavy atom. The van der Waals surface area contributed by atoms with Gasteiger partial charge in [0.2, 0.25) is 0 Å². The zero-order valence-corrected chi connectivity index (χ0v) is 12.4. The van der Waals surface area contributed by atoms with Crippen LogP contribution in [0.4, 0.5) is 5.82 Å². The molecule has 18 heavy (non-hydrogen) atoms. The van der Waals surface area contributed by atoms with Gasteiger partial charge in [-0.2, -0.15) is 0 Å². The first-order valence-corrected chi connectivity index (χ1v) is 6.21. The summed E-state index contributed by atoms with van der Waals surface area (Å²) in [5, 5.41) is 2.88. The number of hydrogen-bond acceptors (Lipinski definition) is 4. The van der Waals surface area contributed by atoms with Gasteiger partial charge in [0.15, 0.2) is 0 Å². The zero-order valence-electron chi connectivity index (χ0n) is 12.4. The molecule has 104 valence electrons. The molecule has 1 aromatic rings. The molecule has 1 heterocycles. The lowest BCUT2D eigenvalue weighted by Gasteiger charge is -2.20. The number of hydrogen-bond donors (Lipinski definition) is 1. The number of carbonyl (C=O) groups is 1. The van der Waals surface area contributed by atoms with Gasteiger partial charge < -0.3 is 10.1 Å². The smallest absolute Gasteiger partial charge is 0.342 e. The maximum Gasteiger partial charge on any atom is 0.342 e. The van der Waals surface area contributed by atoms with Crippen LogP contribution in [0.15, 0.2) is 12.3 Å². The molecular formula is C14H26N2O2. The van der Waals surface area contributed by atoms with Crippen molar-refractivity contribution < 1.29 is 11.0 Å². The minimum Gasteiger partial charge on any atom is -0.456 e. The average molecular weight is 254 g/mol. The van der Waals surface area contributed by atoms with Crippen LogP contribution in [-0.2, 0) is 4.74 Å². The van der Waals surface area contributed by atoms with Crippen LogP contribution in [0, 0.1) is 6.92 Å². The summed E-state index contributed by atoms with van der Waals surface area (Å²) in [6.07, 6.45) is 1.71. The summed E-state index contributed by atoms with van der Waals surface area (Å²) in [6, 6.07) is 1.77. The largest absolute Gasteiger partial charge is 0.456 e. The van der Waals surface area contributed by atoms with Crippen LogP contribution in [0.3, 0.4) is 0 Å². The molecule has 1 N–H and O–H groups in total. The summed E-state index contributed by atoms with van der Waals surface area (Å²) in [5.41, 5.74) is 0.906. The molecule has 0 radical (unpaired) electrons. The maximum atomic E-state index is 11.9. The van der Waals surface area contributed by atoms with E-state index >= 15 is 0 Å². The normalized spacial score (nSPS) is 10.2. The van der Waals surface area contributed by atoms with E-state index < -0.39 is 5.60 Å². The first-order chi connectivity index (χ1) is 8.33. The molecule has 0 aliphatic rings. The number of pyridine rings is 1. The van der Waals surface area contributed by atoms with Crippen LogP contribution in [-0.4, -0.2) is 23.6 Å². The average Bonchev–Trinajstić information content (AvgIpc) is 2.29. The van der Waals surface area contributed by atoms with Crippen molar-refractivity contribution in [2.45, 2.75) is 47.1 Å². The number of carbonyl (C=O) groups excluding carboxylic acids is 1. The fourth-order valence-electron chi connectivity index (χ4n) is 1.26. The minimum absolute atomic E-state index is 0. The molecule has 0 saturated carbocycles. The summed E-state index contributed by atoms with van der Waals surface area (Å²) in [5.74, 6) is 0.188. The van der Waals surface area contributed by atoms with Crippen molar-refractivity contribution in [3.8, 4) is 0 Å². The van der Waals surface area contributed by atoms with Gasteiger partial charge in [-0.3, -0.25) is 0 Å². The monoisotopic (exact) mass is 254 g/mol. The van der Waals surface area contributed by atoms with E-state index in [1.165, 1.54) is 0 Å². The van der Waals surface area contributed by atoms with Crippen LogP contribution in [0.1, 0.15) is 52.0 Å². The molecule has 0 aromatic carbocycles. The number of aromatic nitrogens is 1. The molecule has 0 saturated heterocycles. The predicted molar refractivity (Wildman–Crippen MR) is 77.2 cm³/mol. The third-order valence-corrected chi connectivity index (χ3v) is 1.88. The van der Waals surface area contributed by atoms with E-state index in [0.717, 1.165) is 5.56 Å². The van der Waals surface area contributed by atoms with Gasteiger partial charge in [0.05, 0.1) is 0 Å². The molecule has 0 atom stereocenters. The maximum absolute atomic E-state index is 11.9. The summed E-state index contributed by atoms with van der Waals surface area (Å²) in [4.78, 5) is 16.0. The van der Waals surface area contributed by atoms with Crippen molar-refractivity contribution in [3.05, 3.63) is 23.4 Å². The highest BCUT2D eigenvalue weighted by atomic mass is 16.6. The molecule has 0 amide bonds. The Hall–Kier alpha value is -1.58. The second-order valence-corrected chi connectivity index (χ2v) is 4.66. The van der Waals surface area contributed by atoms with Crippen LogP contribution in [0.2, 0.25) is 0 Å². The molecule has 0 bridgehead atoms. The van der Waals surface area contributed by atoms with E-state index in [9.17, 15) is 4.79 Å². The molecule has 4 nitrogen and oxygen atoms in total. The Kier molecular flexibility index (Phi) is 6.37. The molecule has 1 aromatic heterocycles. The highest BCUT2D eigenvalue weighted by molar-refractivity contribution is 5.95. The van der Waals surface area contributed by atoms with Crippen molar-refractivity contribution in [2.24, 2.45) is 0 Å². The number of nitrogens with zero attached hydrogens (tertiary/aromatic N) is 1. The lowest BCUT2D eigenvalue weighted by Crippen LogP contribution is -2.24. The zero-order chi connectivity index (χ0) is 14.3. The molecule has 0 unspecified atom stereocenters. The van der Waals surface area contributed by atoms with Gasteiger partial charge >= 0.3 is 5.97 Å². The van der Waals surface area contributed by atoms with Gasteiger partial charge in [-0.05, 0) is 39.3 Å². The summed E-state index contributed by atoms with van der Waals surface area (Å²) in [6.45, 7) is 11.4. The number of ether oxygens (including phenoxy) is 1. The third kappa shape index (κ3) is 5.17. The Balaban J connectivity index is 0. The van der Waals surface area contributed by atoms with Crippen molar-refractivity contribution >= 4 is 11.8 Å². The van der Waals surface area contributed by atoms with Crippen LogP contribution < -0.4 is 5.32 Å². The van der Waals surface area contributed by atoms with E-state index in [0.29, 0.717) is 11.4 Å². The molecule has 4 heteroatoms. The van der Waals surface area contributed by atoms with Crippen LogP contribution in [0.25, 0.3) is 0 Å². The first-order valence-electron chi connectivity index (χ1n) is 6.21. The van der Waals surface area contributed by atoms with Gasteiger partial charge in [-0.1, -0.05) is 13.8 Å². The summed E-state index contributed by atoms with van der Waals surface area (Å²) < 4.78 is 5.30. The lowest BCUT2D eigenvalue weighted by atomic mass is 10.1. The Bertz CT molecular complexity index is 401. The van der Waals surface area contributed by atoms with Crippen molar-refractivity contribution in [1.29, 1.82) is 0 Å². The standard InChI is InChI=1S/C12H18N2O2.C2H6.H2/c1-8-6-9(10(13-5)14-7-8)11(15)16-12(2,3)4;1-2;/h6-7H,1-5H3,(H,13,14);1-2H3;1H. The highest BCUT2D eigenvalue weighted by Crippen LogP contribution is 2.18. The van der Waals surface area contributed by atoms with Crippen LogP contribution >= 0.6 is 0 Å². The Morgan fingerprint density at radius 3 is 2.39 bits per heavy atom. The fraction of sp³-hybridized carbons (Fsp3) is 0.571. The minimum atomic E-state index is -0.494. The number of rotatable bonds is 2. The molecule has 0 fully saturated rings. The Labute approximate surface area is 111 Å². The third-order valence-electron chi connectivity index (χ3n) is 1.88. The van der Waals surface area contributed by atoms with Crippen molar-refractivity contribution in [3.63, 3.8) is 0 Å². The Morgan fingerprint density at radius 1 is 1.39 bits per heavy atom. The van der Waals surface area contributed by atoms with Gasteiger partial charge in [-0.25, -0.2) is 9.78 Å². The van der Waals surface area contributed by atoms with Gasteiger partial charge in [0, 0.05) is 14.7 Å². The first kappa shape index (κ1) is 16.4. The van der Waals surface area contributed by atoms with E-state index in [-0.39, 0.29) is 7.40 Å². The quantitative estimate of drug-likeness (QED) is 0.818. The highest BCUT2D eigenvalue weighted by Gasteiger charge is 2.20. The molecule has 0 aliphatic carbocycles. The van der Waals surface area contributed by atoms with E-state index in [4.69, 9.17) is 4.74 Å². The molecule has 1 rings (SSSR count). The van der Waals surface area contributed by atoms with Gasteiger partial charge in [-0.15, -0.1) is 0 Å². The predicted octanol–water partition coefficient (Wildman–Crippen LogP) is 3.66. The molecule has 0 aliphatic heterocycles. The second-order valence-electron chi connectivity index (χ2n) is 4.66. The van der Waals surface area contributed by atoms with Crippen LogP contribution in [0.5, 0.6) is 0 Å². The van der Waals surface area contributed by atoms with Gasteiger partial charge in [0.1, 0.15) is 17.0 Å². The molecule has 0 spiro atoms. The lowest BCUT2D eigenvalue weighted by molar-refractivity contribution is 0.00702. The number of aryl methyl sites for hydroxylation is 1. The van der Waals surface area contributed by atoms with E-state index in [1.54, 1.807) is 19.3 Å². The van der Waals surface area contributed by atoms with Crippen molar-refractivity contribution in [1.82, 2.24) is 4.98 Å². The topological polar surface area (TPSA) is 51.2 Å². The second kappa shape index (κ2) is 6.99.